The van der Waals surface area contributed by atoms with Crippen LogP contribution >= 0.6 is 0 Å². The fraction of sp³-hybridized carbons (Fsp3) is 0.909. The number of nitrogens with zero attached hydrogens (tertiary/aromatic N) is 1. The predicted molar refractivity (Wildman–Crippen MR) is 61.0 cm³/mol. The van der Waals surface area contributed by atoms with Crippen LogP contribution in [-0.4, -0.2) is 29.4 Å². The predicted octanol–water partition coefficient (Wildman–Crippen LogP) is 0.875. The van der Waals surface area contributed by atoms with Gasteiger partial charge in [0.1, 0.15) is 0 Å². The molecule has 3 N–H and O–H groups in total. The van der Waals surface area contributed by atoms with E-state index in [1.165, 1.54) is 12.8 Å². The number of rotatable bonds is 6. The van der Waals surface area contributed by atoms with Crippen molar-refractivity contribution in [3.63, 3.8) is 0 Å². The van der Waals surface area contributed by atoms with E-state index in [2.05, 4.69) is 24.2 Å². The molecule has 0 aromatic carbocycles. The lowest BCUT2D eigenvalue weighted by Crippen LogP contribution is -2.51. The first-order valence-electron chi connectivity index (χ1n) is 5.86. The van der Waals surface area contributed by atoms with Crippen LogP contribution in [0.3, 0.4) is 0 Å². The molecule has 1 aliphatic rings. The van der Waals surface area contributed by atoms with Crippen LogP contribution in [0, 0.1) is 5.92 Å². The Morgan fingerprint density at radius 1 is 1.53 bits per heavy atom. The number of hydrogen-bond acceptors (Lipinski definition) is 3. The molecule has 0 spiro atoms. The first-order valence-corrected chi connectivity index (χ1v) is 5.86. The highest BCUT2D eigenvalue weighted by Crippen LogP contribution is 2.31. The van der Waals surface area contributed by atoms with E-state index < -0.39 is 0 Å². The summed E-state index contributed by atoms with van der Waals surface area (Å²) in [4.78, 5) is 13.9. The Morgan fingerprint density at radius 3 is 2.47 bits per heavy atom. The van der Waals surface area contributed by atoms with Gasteiger partial charge in [0.05, 0.1) is 6.04 Å². The van der Waals surface area contributed by atoms with Gasteiger partial charge in [-0.25, -0.2) is 5.84 Å². The second kappa shape index (κ2) is 5.47. The number of hydrogen-bond donors (Lipinski definition) is 2. The molecule has 4 nitrogen and oxygen atoms in total. The SMILES string of the molecule is CCC(C(=O)NN)N(CC1CC1)C(C)C. The van der Waals surface area contributed by atoms with E-state index in [9.17, 15) is 4.79 Å². The van der Waals surface area contributed by atoms with Crippen molar-refractivity contribution >= 4 is 5.91 Å². The third kappa shape index (κ3) is 3.47. The summed E-state index contributed by atoms with van der Waals surface area (Å²) in [5.41, 5.74) is 2.26. The highest BCUT2D eigenvalue weighted by atomic mass is 16.2. The van der Waals surface area contributed by atoms with Gasteiger partial charge in [-0.05, 0) is 39.0 Å². The summed E-state index contributed by atoms with van der Waals surface area (Å²) >= 11 is 0. The summed E-state index contributed by atoms with van der Waals surface area (Å²) in [6.45, 7) is 7.33. The molecule has 0 heterocycles. The van der Waals surface area contributed by atoms with E-state index in [4.69, 9.17) is 5.84 Å². The van der Waals surface area contributed by atoms with Crippen molar-refractivity contribution in [2.75, 3.05) is 6.54 Å². The second-order valence-electron chi connectivity index (χ2n) is 4.67. The minimum Gasteiger partial charge on any atom is -0.293 e. The Hall–Kier alpha value is -0.610. The first kappa shape index (κ1) is 12.5. The molecule has 88 valence electrons. The van der Waals surface area contributed by atoms with E-state index in [0.29, 0.717) is 6.04 Å². The number of carbonyl (C=O) groups excluding carboxylic acids is 1. The van der Waals surface area contributed by atoms with Crippen molar-refractivity contribution in [2.45, 2.75) is 52.1 Å². The van der Waals surface area contributed by atoms with Gasteiger partial charge in [0.15, 0.2) is 0 Å². The van der Waals surface area contributed by atoms with Crippen LogP contribution in [0.4, 0.5) is 0 Å². The van der Waals surface area contributed by atoms with Gasteiger partial charge < -0.3 is 0 Å². The Balaban J connectivity index is 2.60. The molecule has 1 aliphatic carbocycles. The van der Waals surface area contributed by atoms with Crippen LogP contribution in [0.2, 0.25) is 0 Å². The third-order valence-electron chi connectivity index (χ3n) is 3.06. The average molecular weight is 213 g/mol. The molecular formula is C11H23N3O. The summed E-state index contributed by atoms with van der Waals surface area (Å²) in [6, 6.07) is 0.323. The molecule has 0 aromatic heterocycles. The number of amides is 1. The zero-order valence-corrected chi connectivity index (χ0v) is 9.99. The maximum absolute atomic E-state index is 11.6. The normalized spacial score (nSPS) is 18.3. The van der Waals surface area contributed by atoms with Crippen molar-refractivity contribution in [1.82, 2.24) is 10.3 Å². The van der Waals surface area contributed by atoms with E-state index in [1.807, 2.05) is 6.92 Å². The zero-order valence-electron chi connectivity index (χ0n) is 9.99. The van der Waals surface area contributed by atoms with Crippen molar-refractivity contribution in [1.29, 1.82) is 0 Å². The average Bonchev–Trinajstić information content (AvgIpc) is 3.00. The summed E-state index contributed by atoms with van der Waals surface area (Å²) in [5, 5.41) is 0. The summed E-state index contributed by atoms with van der Waals surface area (Å²) < 4.78 is 0. The number of carbonyl (C=O) groups is 1. The Kier molecular flexibility index (Phi) is 4.54. The molecule has 15 heavy (non-hydrogen) atoms. The lowest BCUT2D eigenvalue weighted by atomic mass is 10.1. The van der Waals surface area contributed by atoms with Gasteiger partial charge in [0.25, 0.3) is 5.91 Å². The van der Waals surface area contributed by atoms with Gasteiger partial charge in [-0.1, -0.05) is 6.92 Å². The van der Waals surface area contributed by atoms with Crippen LogP contribution < -0.4 is 11.3 Å². The van der Waals surface area contributed by atoms with Crippen LogP contribution in [0.25, 0.3) is 0 Å². The molecule has 0 bridgehead atoms. The van der Waals surface area contributed by atoms with Gasteiger partial charge in [-0.3, -0.25) is 15.1 Å². The Labute approximate surface area is 92.2 Å². The summed E-state index contributed by atoms with van der Waals surface area (Å²) in [6.07, 6.45) is 3.43. The molecule has 0 aliphatic heterocycles. The highest BCUT2D eigenvalue weighted by molar-refractivity contribution is 5.81. The molecule has 0 radical (unpaired) electrons. The largest absolute Gasteiger partial charge is 0.293 e. The van der Waals surface area contributed by atoms with E-state index in [0.717, 1.165) is 18.9 Å². The zero-order chi connectivity index (χ0) is 11.4. The number of nitrogens with two attached hydrogens (primary N) is 1. The molecule has 4 heteroatoms. The molecular weight excluding hydrogens is 190 g/mol. The Morgan fingerprint density at radius 2 is 2.13 bits per heavy atom. The molecule has 1 fully saturated rings. The fourth-order valence-corrected chi connectivity index (χ4v) is 1.96. The molecule has 1 amide bonds. The molecule has 1 rings (SSSR count). The van der Waals surface area contributed by atoms with Gasteiger partial charge in [0, 0.05) is 12.6 Å². The minimum atomic E-state index is -0.0735. The quantitative estimate of drug-likeness (QED) is 0.391. The van der Waals surface area contributed by atoms with Gasteiger partial charge in [0.2, 0.25) is 0 Å². The van der Waals surface area contributed by atoms with Crippen molar-refractivity contribution < 1.29 is 4.79 Å². The minimum absolute atomic E-state index is 0.0631. The summed E-state index contributed by atoms with van der Waals surface area (Å²) in [5.74, 6) is 5.94. The van der Waals surface area contributed by atoms with E-state index >= 15 is 0 Å². The van der Waals surface area contributed by atoms with Crippen LogP contribution in [0.15, 0.2) is 0 Å². The van der Waals surface area contributed by atoms with E-state index in [1.54, 1.807) is 0 Å². The van der Waals surface area contributed by atoms with Crippen LogP contribution in [0.5, 0.6) is 0 Å². The lowest BCUT2D eigenvalue weighted by Gasteiger charge is -2.33. The van der Waals surface area contributed by atoms with Gasteiger partial charge in [-0.15, -0.1) is 0 Å². The van der Waals surface area contributed by atoms with Gasteiger partial charge in [-0.2, -0.15) is 0 Å². The summed E-state index contributed by atoms with van der Waals surface area (Å²) in [7, 11) is 0. The van der Waals surface area contributed by atoms with Crippen LogP contribution in [-0.2, 0) is 4.79 Å². The molecule has 1 unspecified atom stereocenters. The number of hydrazine groups is 1. The Bertz CT molecular complexity index is 214. The third-order valence-corrected chi connectivity index (χ3v) is 3.06. The number of nitrogens with one attached hydrogen (secondary N) is 1. The highest BCUT2D eigenvalue weighted by Gasteiger charge is 2.31. The molecule has 1 atom stereocenters. The molecule has 0 aromatic rings. The van der Waals surface area contributed by atoms with Gasteiger partial charge >= 0.3 is 0 Å². The lowest BCUT2D eigenvalue weighted by molar-refractivity contribution is -0.127. The maximum atomic E-state index is 11.6. The molecule has 0 saturated heterocycles. The van der Waals surface area contributed by atoms with Crippen molar-refractivity contribution in [2.24, 2.45) is 11.8 Å². The maximum Gasteiger partial charge on any atom is 0.251 e. The fourth-order valence-electron chi connectivity index (χ4n) is 1.96. The smallest absolute Gasteiger partial charge is 0.251 e. The second-order valence-corrected chi connectivity index (χ2v) is 4.67. The van der Waals surface area contributed by atoms with Crippen molar-refractivity contribution in [3.05, 3.63) is 0 Å². The van der Waals surface area contributed by atoms with E-state index in [-0.39, 0.29) is 11.9 Å². The monoisotopic (exact) mass is 213 g/mol. The topological polar surface area (TPSA) is 58.4 Å². The standard InChI is InChI=1S/C11H23N3O/c1-4-10(11(15)13-12)14(8(2)3)7-9-5-6-9/h8-10H,4-7,12H2,1-3H3,(H,13,15). The molecule has 1 saturated carbocycles. The first-order chi connectivity index (χ1) is 7.10. The van der Waals surface area contributed by atoms with Crippen molar-refractivity contribution in [3.8, 4) is 0 Å². The van der Waals surface area contributed by atoms with Crippen LogP contribution in [0.1, 0.15) is 40.0 Å².